The number of ether oxygens (including phenoxy) is 1. The molecule has 6 nitrogen and oxygen atoms in total. The zero-order valence-electron chi connectivity index (χ0n) is 16.2. The molecule has 2 heterocycles. The second-order valence-corrected chi connectivity index (χ2v) is 7.90. The Hall–Kier alpha value is -3.06. The first-order valence-corrected chi connectivity index (χ1v) is 10.3. The highest BCUT2D eigenvalue weighted by molar-refractivity contribution is 8.00. The van der Waals surface area contributed by atoms with Crippen LogP contribution >= 0.6 is 11.8 Å². The second kappa shape index (κ2) is 8.53. The number of carbonyl (C=O) groups excluding carboxylic acids is 1. The number of hydrogen-bond acceptors (Lipinski definition) is 5. The molecule has 1 unspecified atom stereocenters. The molecule has 1 atom stereocenters. The van der Waals surface area contributed by atoms with Crippen LogP contribution in [0.2, 0.25) is 0 Å². The van der Waals surface area contributed by atoms with Gasteiger partial charge in [-0.1, -0.05) is 36.0 Å². The zero-order valence-corrected chi connectivity index (χ0v) is 17.0. The van der Waals surface area contributed by atoms with Gasteiger partial charge in [0.15, 0.2) is 11.0 Å². The molecule has 29 heavy (non-hydrogen) atoms. The summed E-state index contributed by atoms with van der Waals surface area (Å²) in [4.78, 5) is 12.8. The summed E-state index contributed by atoms with van der Waals surface area (Å²) in [5.74, 6) is 1.53. The number of benzene rings is 2. The number of hydrogen-bond donors (Lipinski definition) is 1. The van der Waals surface area contributed by atoms with Gasteiger partial charge >= 0.3 is 0 Å². The standard InChI is InChI=1S/C22H22N4O2S/c1-3-14-26-20(16-8-11-17(28-2)12-9-16)24-25-22(26)29-19-13-10-15-6-4-5-7-18(15)23-21(19)27/h3-9,11-12,19H,1,10,13-14H2,2H3,(H,23,27). The molecular weight excluding hydrogens is 384 g/mol. The van der Waals surface area contributed by atoms with Crippen molar-refractivity contribution in [3.63, 3.8) is 0 Å². The van der Waals surface area contributed by atoms with Crippen molar-refractivity contribution in [3.05, 3.63) is 66.7 Å². The molecular formula is C22H22N4O2S. The number of amides is 1. The molecule has 1 amide bonds. The van der Waals surface area contributed by atoms with Crippen molar-refractivity contribution in [3.8, 4) is 17.1 Å². The van der Waals surface area contributed by atoms with E-state index in [1.807, 2.05) is 53.1 Å². The summed E-state index contributed by atoms with van der Waals surface area (Å²) in [5.41, 5.74) is 2.99. The number of anilines is 1. The molecule has 1 aliphatic rings. The largest absolute Gasteiger partial charge is 0.497 e. The van der Waals surface area contributed by atoms with Gasteiger partial charge in [-0.15, -0.1) is 16.8 Å². The van der Waals surface area contributed by atoms with Crippen LogP contribution in [0.5, 0.6) is 5.75 Å². The lowest BCUT2D eigenvalue weighted by Gasteiger charge is -2.13. The van der Waals surface area contributed by atoms with E-state index in [9.17, 15) is 4.79 Å². The number of fused-ring (bicyclic) bond motifs is 1. The van der Waals surface area contributed by atoms with E-state index in [2.05, 4.69) is 28.2 Å². The first kappa shape index (κ1) is 19.3. The third kappa shape index (κ3) is 4.05. The number of thioether (sulfide) groups is 1. The Morgan fingerprint density at radius 1 is 1.24 bits per heavy atom. The summed E-state index contributed by atoms with van der Waals surface area (Å²) in [5, 5.41) is 12.3. The monoisotopic (exact) mass is 406 g/mol. The van der Waals surface area contributed by atoms with E-state index in [0.29, 0.717) is 11.7 Å². The minimum Gasteiger partial charge on any atom is -0.497 e. The number of rotatable bonds is 6. The predicted molar refractivity (Wildman–Crippen MR) is 115 cm³/mol. The topological polar surface area (TPSA) is 69.0 Å². The summed E-state index contributed by atoms with van der Waals surface area (Å²) in [7, 11) is 1.64. The van der Waals surface area contributed by atoms with Crippen molar-refractivity contribution < 1.29 is 9.53 Å². The Kier molecular flexibility index (Phi) is 5.67. The third-order valence-corrected chi connectivity index (χ3v) is 6.12. The number of carbonyl (C=O) groups is 1. The summed E-state index contributed by atoms with van der Waals surface area (Å²) >= 11 is 1.45. The molecule has 2 aromatic carbocycles. The summed E-state index contributed by atoms with van der Waals surface area (Å²) in [6, 6.07) is 15.6. The number of nitrogens with zero attached hydrogens (tertiary/aromatic N) is 3. The molecule has 1 aliphatic heterocycles. The molecule has 7 heteroatoms. The molecule has 3 aromatic rings. The Balaban J connectivity index is 1.59. The number of aryl methyl sites for hydroxylation is 1. The van der Waals surface area contributed by atoms with E-state index < -0.39 is 0 Å². The molecule has 1 aromatic heterocycles. The van der Waals surface area contributed by atoms with Crippen molar-refractivity contribution in [2.24, 2.45) is 0 Å². The van der Waals surface area contributed by atoms with Crippen molar-refractivity contribution in [1.82, 2.24) is 14.8 Å². The predicted octanol–water partition coefficient (Wildman–Crippen LogP) is 4.19. The molecule has 0 bridgehead atoms. The number of nitrogens with one attached hydrogen (secondary N) is 1. The smallest absolute Gasteiger partial charge is 0.237 e. The first-order valence-electron chi connectivity index (χ1n) is 9.43. The third-order valence-electron chi connectivity index (χ3n) is 4.87. The molecule has 0 aliphatic carbocycles. The van der Waals surface area contributed by atoms with Crippen LogP contribution < -0.4 is 10.1 Å². The minimum absolute atomic E-state index is 0.000833. The maximum atomic E-state index is 12.8. The van der Waals surface area contributed by atoms with Gasteiger partial charge in [-0.3, -0.25) is 9.36 Å². The van der Waals surface area contributed by atoms with Gasteiger partial charge in [-0.25, -0.2) is 0 Å². The lowest BCUT2D eigenvalue weighted by Crippen LogP contribution is -2.24. The maximum Gasteiger partial charge on any atom is 0.237 e. The fraction of sp³-hybridized carbons (Fsp3) is 0.227. The fourth-order valence-electron chi connectivity index (χ4n) is 3.35. The van der Waals surface area contributed by atoms with Gasteiger partial charge in [-0.2, -0.15) is 0 Å². The first-order chi connectivity index (χ1) is 14.2. The fourth-order valence-corrected chi connectivity index (χ4v) is 4.39. The highest BCUT2D eigenvalue weighted by Gasteiger charge is 2.27. The van der Waals surface area contributed by atoms with Gasteiger partial charge < -0.3 is 10.1 Å². The van der Waals surface area contributed by atoms with Gasteiger partial charge in [0, 0.05) is 17.8 Å². The molecule has 1 N–H and O–H groups in total. The molecule has 0 saturated carbocycles. The van der Waals surface area contributed by atoms with E-state index in [1.54, 1.807) is 7.11 Å². The molecule has 0 spiro atoms. The van der Waals surface area contributed by atoms with Gasteiger partial charge in [-0.05, 0) is 48.7 Å². The zero-order chi connectivity index (χ0) is 20.2. The van der Waals surface area contributed by atoms with Crippen LogP contribution in [0.15, 0.2) is 66.3 Å². The van der Waals surface area contributed by atoms with E-state index in [-0.39, 0.29) is 11.2 Å². The van der Waals surface area contributed by atoms with Gasteiger partial charge in [0.1, 0.15) is 5.75 Å². The van der Waals surface area contributed by atoms with Crippen LogP contribution in [0.25, 0.3) is 11.4 Å². The van der Waals surface area contributed by atoms with E-state index in [0.717, 1.165) is 41.2 Å². The van der Waals surface area contributed by atoms with E-state index >= 15 is 0 Å². The SMILES string of the molecule is C=CCn1c(SC2CCc3ccccc3NC2=O)nnc1-c1ccc(OC)cc1. The maximum absolute atomic E-state index is 12.8. The van der Waals surface area contributed by atoms with Crippen molar-refractivity contribution in [2.75, 3.05) is 12.4 Å². The van der Waals surface area contributed by atoms with Crippen molar-refractivity contribution in [2.45, 2.75) is 29.8 Å². The van der Waals surface area contributed by atoms with Gasteiger partial charge in [0.2, 0.25) is 5.91 Å². The van der Waals surface area contributed by atoms with Crippen LogP contribution in [-0.4, -0.2) is 33.0 Å². The van der Waals surface area contributed by atoms with E-state index in [1.165, 1.54) is 11.8 Å². The molecule has 4 rings (SSSR count). The van der Waals surface area contributed by atoms with Crippen LogP contribution in [0.1, 0.15) is 12.0 Å². The highest BCUT2D eigenvalue weighted by Crippen LogP contribution is 2.33. The Morgan fingerprint density at radius 3 is 2.79 bits per heavy atom. The lowest BCUT2D eigenvalue weighted by molar-refractivity contribution is -0.115. The minimum atomic E-state index is -0.237. The lowest BCUT2D eigenvalue weighted by atomic mass is 10.1. The number of aromatic nitrogens is 3. The van der Waals surface area contributed by atoms with Crippen LogP contribution in [0.3, 0.4) is 0 Å². The highest BCUT2D eigenvalue weighted by atomic mass is 32.2. The number of allylic oxidation sites excluding steroid dienone is 1. The molecule has 148 valence electrons. The molecule has 0 saturated heterocycles. The van der Waals surface area contributed by atoms with Crippen molar-refractivity contribution >= 4 is 23.4 Å². The van der Waals surface area contributed by atoms with Gasteiger partial charge in [0.05, 0.1) is 12.4 Å². The Morgan fingerprint density at radius 2 is 2.03 bits per heavy atom. The number of para-hydroxylation sites is 1. The van der Waals surface area contributed by atoms with Crippen LogP contribution in [0, 0.1) is 0 Å². The Labute approximate surface area is 174 Å². The average molecular weight is 407 g/mol. The number of methoxy groups -OCH3 is 1. The van der Waals surface area contributed by atoms with Crippen LogP contribution in [0.4, 0.5) is 5.69 Å². The Bertz CT molecular complexity index is 1030. The summed E-state index contributed by atoms with van der Waals surface area (Å²) in [6.45, 7) is 4.42. The van der Waals surface area contributed by atoms with Crippen LogP contribution in [-0.2, 0) is 17.8 Å². The summed E-state index contributed by atoms with van der Waals surface area (Å²) < 4.78 is 7.22. The molecule has 0 fully saturated rings. The normalized spacial score (nSPS) is 15.9. The summed E-state index contributed by atoms with van der Waals surface area (Å²) in [6.07, 6.45) is 3.39. The average Bonchev–Trinajstić information content (AvgIpc) is 3.06. The quantitative estimate of drug-likeness (QED) is 0.622. The van der Waals surface area contributed by atoms with Gasteiger partial charge in [0.25, 0.3) is 0 Å². The molecule has 0 radical (unpaired) electrons. The van der Waals surface area contributed by atoms with E-state index in [4.69, 9.17) is 4.74 Å². The second-order valence-electron chi connectivity index (χ2n) is 6.73. The van der Waals surface area contributed by atoms with Crippen molar-refractivity contribution in [1.29, 1.82) is 0 Å².